The van der Waals surface area contributed by atoms with Crippen molar-refractivity contribution in [2.75, 3.05) is 0 Å². The van der Waals surface area contributed by atoms with Gasteiger partial charge in [0.05, 0.1) is 0 Å². The molecule has 2 N–H and O–H groups in total. The Morgan fingerprint density at radius 3 is 1.30 bits per heavy atom. The average molecular weight is 174 g/mol. The minimum atomic E-state index is -6.09. The minimum Gasteiger partial charge on any atom is -0.741 e. The van der Waals surface area contributed by atoms with Crippen molar-refractivity contribution in [2.45, 2.75) is 5.51 Å². The van der Waals surface area contributed by atoms with E-state index in [1.54, 1.807) is 0 Å². The van der Waals surface area contributed by atoms with Gasteiger partial charge in [0.2, 0.25) is 0 Å². The summed E-state index contributed by atoms with van der Waals surface area (Å²) in [6, 6.07) is 0. The van der Waals surface area contributed by atoms with Gasteiger partial charge in [-0.25, -0.2) is 8.42 Å². The van der Waals surface area contributed by atoms with Gasteiger partial charge in [0.15, 0.2) is 10.1 Å². The van der Waals surface area contributed by atoms with Gasteiger partial charge in [0, 0.05) is 0 Å². The largest absolute Gasteiger partial charge is 1.00 e. The Labute approximate surface area is 66.6 Å². The molecule has 0 aromatic rings. The van der Waals surface area contributed by atoms with Crippen LogP contribution in [0.1, 0.15) is 0 Å². The molecule has 0 saturated heterocycles. The Balaban J connectivity index is -0.000000245. The van der Waals surface area contributed by atoms with Crippen LogP contribution >= 0.6 is 0 Å². The molecule has 0 aromatic heterocycles. The number of halogens is 3. The van der Waals surface area contributed by atoms with Crippen molar-refractivity contribution in [1.29, 1.82) is 0 Å². The molecule has 0 radical (unpaired) electrons. The van der Waals surface area contributed by atoms with Crippen molar-refractivity contribution in [3.63, 3.8) is 0 Å². The summed E-state index contributed by atoms with van der Waals surface area (Å²) in [7, 11) is -6.09. The van der Waals surface area contributed by atoms with Crippen LogP contribution in [0.4, 0.5) is 13.2 Å². The zero-order valence-corrected chi connectivity index (χ0v) is 5.58. The SMILES string of the molecule is O.O=S(=O)([O-])C(F)(F)F.[Li+]. The Hall–Kier alpha value is 0.257. The normalized spacial score (nSPS) is 11.2. The van der Waals surface area contributed by atoms with Crippen molar-refractivity contribution in [3.8, 4) is 0 Å². The summed E-state index contributed by atoms with van der Waals surface area (Å²) in [5.41, 5.74) is -5.65. The van der Waals surface area contributed by atoms with Crippen LogP contribution in [-0.4, -0.2) is 24.0 Å². The van der Waals surface area contributed by atoms with Crippen LogP contribution in [0.3, 0.4) is 0 Å². The molecule has 58 valence electrons. The Morgan fingerprint density at radius 1 is 1.20 bits per heavy atom. The van der Waals surface area contributed by atoms with Crippen LogP contribution in [0, 0.1) is 0 Å². The van der Waals surface area contributed by atoms with Crippen molar-refractivity contribution in [3.05, 3.63) is 0 Å². The topological polar surface area (TPSA) is 88.7 Å². The second-order valence-corrected chi connectivity index (χ2v) is 2.27. The average Bonchev–Trinajstić information content (AvgIpc) is 1.25. The monoisotopic (exact) mass is 174 g/mol. The molecule has 0 aromatic carbocycles. The first-order valence-corrected chi connectivity index (χ1v) is 2.68. The van der Waals surface area contributed by atoms with E-state index in [4.69, 9.17) is 13.0 Å². The molecular formula is CH2F3LiO4S. The van der Waals surface area contributed by atoms with Crippen LogP contribution in [-0.2, 0) is 10.1 Å². The van der Waals surface area contributed by atoms with Gasteiger partial charge in [-0.1, -0.05) is 0 Å². The van der Waals surface area contributed by atoms with E-state index in [1.807, 2.05) is 0 Å². The first kappa shape index (κ1) is 16.7. The van der Waals surface area contributed by atoms with Crippen LogP contribution in [0.2, 0.25) is 0 Å². The molecule has 0 bridgehead atoms. The molecule has 0 amide bonds. The first-order valence-electron chi connectivity index (χ1n) is 1.27. The molecule has 9 heteroatoms. The van der Waals surface area contributed by atoms with Gasteiger partial charge in [0.25, 0.3) is 0 Å². The van der Waals surface area contributed by atoms with Crippen LogP contribution < -0.4 is 18.9 Å². The number of rotatable bonds is 0. The molecule has 0 heterocycles. The molecule has 0 rings (SSSR count). The predicted molar refractivity (Wildman–Crippen MR) is 19.4 cm³/mol. The standard InChI is InChI=1S/CHF3O3S.Li.H2O/c2-1(3,4)8(5,6)7;;/h(H,5,6,7);;1H2/q;+1;/p-1. The summed E-state index contributed by atoms with van der Waals surface area (Å²) >= 11 is 0. The van der Waals surface area contributed by atoms with Gasteiger partial charge < -0.3 is 10.0 Å². The van der Waals surface area contributed by atoms with E-state index < -0.39 is 15.6 Å². The molecule has 0 fully saturated rings. The van der Waals surface area contributed by atoms with E-state index in [1.165, 1.54) is 0 Å². The Morgan fingerprint density at radius 2 is 1.30 bits per heavy atom. The van der Waals surface area contributed by atoms with Crippen LogP contribution in [0.25, 0.3) is 0 Å². The third-order valence-corrected chi connectivity index (χ3v) is 0.850. The molecule has 0 aliphatic carbocycles. The maximum Gasteiger partial charge on any atom is 1.00 e. The molecule has 0 aliphatic rings. The molecule has 0 aliphatic heterocycles. The van der Waals surface area contributed by atoms with E-state index in [2.05, 4.69) is 0 Å². The molecule has 0 spiro atoms. The summed E-state index contributed by atoms with van der Waals surface area (Å²) in [5.74, 6) is 0. The van der Waals surface area contributed by atoms with Gasteiger partial charge >= 0.3 is 24.4 Å². The second-order valence-electron chi connectivity index (χ2n) is 0.900. The third-order valence-electron chi connectivity index (χ3n) is 0.283. The van der Waals surface area contributed by atoms with E-state index in [9.17, 15) is 13.2 Å². The molecule has 10 heavy (non-hydrogen) atoms. The molecular weight excluding hydrogens is 172 g/mol. The summed E-state index contributed by atoms with van der Waals surface area (Å²) < 4.78 is 58.9. The fourth-order valence-electron chi connectivity index (χ4n) is 0. The smallest absolute Gasteiger partial charge is 0.741 e. The van der Waals surface area contributed by atoms with Crippen molar-refractivity contribution >= 4 is 10.1 Å². The number of hydrogen-bond acceptors (Lipinski definition) is 3. The van der Waals surface area contributed by atoms with Crippen LogP contribution in [0.5, 0.6) is 0 Å². The van der Waals surface area contributed by atoms with Gasteiger partial charge in [-0.2, -0.15) is 13.2 Å². The van der Waals surface area contributed by atoms with E-state index >= 15 is 0 Å². The quantitative estimate of drug-likeness (QED) is 0.214. The maximum absolute atomic E-state index is 10.7. The van der Waals surface area contributed by atoms with E-state index in [0.717, 1.165) is 0 Å². The molecule has 4 nitrogen and oxygen atoms in total. The van der Waals surface area contributed by atoms with Crippen LogP contribution in [0.15, 0.2) is 0 Å². The molecule has 0 unspecified atom stereocenters. The summed E-state index contributed by atoms with van der Waals surface area (Å²) in [4.78, 5) is 0. The summed E-state index contributed by atoms with van der Waals surface area (Å²) in [6.45, 7) is 0. The fraction of sp³-hybridized carbons (Fsp3) is 1.00. The summed E-state index contributed by atoms with van der Waals surface area (Å²) in [6.07, 6.45) is 0. The molecule has 0 saturated carbocycles. The fourth-order valence-corrected chi connectivity index (χ4v) is 0. The van der Waals surface area contributed by atoms with Crippen molar-refractivity contribution < 1.29 is 50.5 Å². The van der Waals surface area contributed by atoms with Gasteiger partial charge in [-0.05, 0) is 0 Å². The molecule has 0 atom stereocenters. The number of hydrogen-bond donors (Lipinski definition) is 0. The van der Waals surface area contributed by atoms with Crippen molar-refractivity contribution in [1.82, 2.24) is 0 Å². The zero-order valence-electron chi connectivity index (χ0n) is 4.77. The summed E-state index contributed by atoms with van der Waals surface area (Å²) in [5, 5.41) is 0. The number of alkyl halides is 3. The third kappa shape index (κ3) is 5.07. The van der Waals surface area contributed by atoms with Gasteiger partial charge in [-0.15, -0.1) is 0 Å². The maximum atomic E-state index is 10.7. The van der Waals surface area contributed by atoms with Crippen molar-refractivity contribution in [2.24, 2.45) is 0 Å². The van der Waals surface area contributed by atoms with E-state index in [0.29, 0.717) is 0 Å². The zero-order chi connectivity index (χ0) is 7.00. The second kappa shape index (κ2) is 4.20. The minimum absolute atomic E-state index is 0. The van der Waals surface area contributed by atoms with Gasteiger partial charge in [0.1, 0.15) is 0 Å². The Kier molecular flexibility index (Phi) is 7.01. The Bertz CT molecular complexity index is 169. The first-order chi connectivity index (χ1) is 3.25. The van der Waals surface area contributed by atoms with E-state index in [-0.39, 0.29) is 24.3 Å². The predicted octanol–water partition coefficient (Wildman–Crippen LogP) is -3.77. The van der Waals surface area contributed by atoms with Gasteiger partial charge in [-0.3, -0.25) is 0 Å².